The molecule has 2 N–H and O–H groups in total. The first-order valence-corrected chi connectivity index (χ1v) is 5.64. The second-order valence-corrected chi connectivity index (χ2v) is 4.26. The van der Waals surface area contributed by atoms with Crippen molar-refractivity contribution >= 4 is 11.8 Å². The fourth-order valence-corrected chi connectivity index (χ4v) is 1.86. The summed E-state index contributed by atoms with van der Waals surface area (Å²) in [5.41, 5.74) is 6.20. The van der Waals surface area contributed by atoms with Gasteiger partial charge < -0.3 is 5.73 Å². The van der Waals surface area contributed by atoms with Crippen LogP contribution < -0.4 is 5.73 Å². The molecule has 1 aromatic carbocycles. The van der Waals surface area contributed by atoms with Crippen LogP contribution in [0.4, 0.5) is 8.78 Å². The molecule has 17 heavy (non-hydrogen) atoms. The SMILES string of the molecule is NCc1cnc(Sc2ccc(F)cc2F)nc1. The zero-order valence-electron chi connectivity index (χ0n) is 8.73. The molecular weight excluding hydrogens is 244 g/mol. The first kappa shape index (κ1) is 11.9. The molecule has 0 radical (unpaired) electrons. The molecule has 0 unspecified atom stereocenters. The number of hydrogen-bond donors (Lipinski definition) is 1. The van der Waals surface area contributed by atoms with E-state index in [1.807, 2.05) is 0 Å². The number of benzene rings is 1. The molecule has 3 nitrogen and oxygen atoms in total. The maximum atomic E-state index is 13.3. The van der Waals surface area contributed by atoms with Crippen LogP contribution in [0.5, 0.6) is 0 Å². The molecule has 2 aromatic rings. The number of halogens is 2. The predicted octanol–water partition coefficient (Wildman–Crippen LogP) is 2.36. The van der Waals surface area contributed by atoms with Gasteiger partial charge in [0, 0.05) is 30.6 Å². The lowest BCUT2D eigenvalue weighted by Crippen LogP contribution is -1.98. The maximum absolute atomic E-state index is 13.3. The largest absolute Gasteiger partial charge is 0.326 e. The summed E-state index contributed by atoms with van der Waals surface area (Å²) in [5.74, 6) is -1.23. The summed E-state index contributed by atoms with van der Waals surface area (Å²) in [6, 6.07) is 3.38. The first-order chi connectivity index (χ1) is 8.19. The zero-order valence-corrected chi connectivity index (χ0v) is 9.55. The second kappa shape index (κ2) is 5.20. The minimum atomic E-state index is -0.624. The second-order valence-electron chi connectivity index (χ2n) is 3.25. The van der Waals surface area contributed by atoms with Gasteiger partial charge in [-0.2, -0.15) is 0 Å². The Labute approximate surface area is 101 Å². The van der Waals surface area contributed by atoms with Crippen LogP contribution in [0.25, 0.3) is 0 Å². The highest BCUT2D eigenvalue weighted by Gasteiger charge is 2.07. The lowest BCUT2D eigenvalue weighted by molar-refractivity contribution is 0.565. The zero-order chi connectivity index (χ0) is 12.3. The lowest BCUT2D eigenvalue weighted by Gasteiger charge is -2.02. The van der Waals surface area contributed by atoms with Gasteiger partial charge in [0.1, 0.15) is 11.6 Å². The first-order valence-electron chi connectivity index (χ1n) is 4.83. The van der Waals surface area contributed by atoms with E-state index < -0.39 is 11.6 Å². The van der Waals surface area contributed by atoms with Gasteiger partial charge in [0.2, 0.25) is 0 Å². The van der Waals surface area contributed by atoms with Crippen LogP contribution in [0.1, 0.15) is 5.56 Å². The number of aromatic nitrogens is 2. The number of rotatable bonds is 3. The number of hydrogen-bond acceptors (Lipinski definition) is 4. The van der Waals surface area contributed by atoms with Gasteiger partial charge in [-0.25, -0.2) is 18.7 Å². The third kappa shape index (κ3) is 2.98. The minimum Gasteiger partial charge on any atom is -0.326 e. The third-order valence-electron chi connectivity index (χ3n) is 2.01. The van der Waals surface area contributed by atoms with Gasteiger partial charge in [-0.1, -0.05) is 0 Å². The molecule has 0 spiro atoms. The van der Waals surface area contributed by atoms with Crippen molar-refractivity contribution in [1.82, 2.24) is 9.97 Å². The molecule has 0 saturated carbocycles. The van der Waals surface area contributed by atoms with Gasteiger partial charge in [0.25, 0.3) is 0 Å². The van der Waals surface area contributed by atoms with Crippen LogP contribution in [0.2, 0.25) is 0 Å². The summed E-state index contributed by atoms with van der Waals surface area (Å²) in [5, 5.41) is 0.396. The third-order valence-corrected chi connectivity index (χ3v) is 2.96. The van der Waals surface area contributed by atoms with Crippen LogP contribution in [0.15, 0.2) is 40.6 Å². The monoisotopic (exact) mass is 253 g/mol. The molecule has 0 fully saturated rings. The fourth-order valence-electron chi connectivity index (χ4n) is 1.16. The Morgan fingerprint density at radius 3 is 2.47 bits per heavy atom. The molecule has 0 atom stereocenters. The van der Waals surface area contributed by atoms with Crippen molar-refractivity contribution in [3.05, 3.63) is 47.8 Å². The number of nitrogens with two attached hydrogens (primary N) is 1. The van der Waals surface area contributed by atoms with Crippen LogP contribution in [-0.2, 0) is 6.54 Å². The van der Waals surface area contributed by atoms with Gasteiger partial charge in [0.05, 0.1) is 4.90 Å². The molecule has 0 amide bonds. The van der Waals surface area contributed by atoms with Gasteiger partial charge in [-0.05, 0) is 23.9 Å². The Bertz CT molecular complexity index is 517. The van der Waals surface area contributed by atoms with Crippen LogP contribution in [0.3, 0.4) is 0 Å². The summed E-state index contributed by atoms with van der Waals surface area (Å²) in [6.45, 7) is 0.357. The highest BCUT2D eigenvalue weighted by molar-refractivity contribution is 7.99. The minimum absolute atomic E-state index is 0.284. The molecule has 0 aliphatic heterocycles. The average Bonchev–Trinajstić information content (AvgIpc) is 2.34. The Kier molecular flexibility index (Phi) is 3.65. The molecule has 88 valence electrons. The van der Waals surface area contributed by atoms with Crippen molar-refractivity contribution in [2.24, 2.45) is 5.73 Å². The number of nitrogens with zero attached hydrogens (tertiary/aromatic N) is 2. The van der Waals surface area contributed by atoms with Gasteiger partial charge in [0.15, 0.2) is 5.16 Å². The van der Waals surface area contributed by atoms with E-state index in [1.54, 1.807) is 12.4 Å². The standard InChI is InChI=1S/C11H9F2N3S/c12-8-1-2-10(9(13)3-8)17-11-15-5-7(4-14)6-16-11/h1-3,5-6H,4,14H2. The van der Waals surface area contributed by atoms with Gasteiger partial charge in [-0.15, -0.1) is 0 Å². The normalized spacial score (nSPS) is 10.5. The summed E-state index contributed by atoms with van der Waals surface area (Å²) in [7, 11) is 0. The summed E-state index contributed by atoms with van der Waals surface area (Å²) in [6.07, 6.45) is 3.16. The van der Waals surface area contributed by atoms with Crippen molar-refractivity contribution in [1.29, 1.82) is 0 Å². The van der Waals surface area contributed by atoms with E-state index in [0.717, 1.165) is 23.4 Å². The van der Waals surface area contributed by atoms with E-state index in [0.29, 0.717) is 11.7 Å². The molecule has 2 rings (SSSR count). The van der Waals surface area contributed by atoms with Crippen molar-refractivity contribution in [3.8, 4) is 0 Å². The molecule has 6 heteroatoms. The molecular formula is C11H9F2N3S. The van der Waals surface area contributed by atoms with E-state index in [9.17, 15) is 8.78 Å². The Hall–Kier alpha value is -1.53. The van der Waals surface area contributed by atoms with E-state index >= 15 is 0 Å². The smallest absolute Gasteiger partial charge is 0.192 e. The summed E-state index contributed by atoms with van der Waals surface area (Å²) in [4.78, 5) is 8.32. The van der Waals surface area contributed by atoms with E-state index in [1.165, 1.54) is 12.1 Å². The Morgan fingerprint density at radius 1 is 1.18 bits per heavy atom. The average molecular weight is 253 g/mol. The predicted molar refractivity (Wildman–Crippen MR) is 60.4 cm³/mol. The van der Waals surface area contributed by atoms with Gasteiger partial charge in [-0.3, -0.25) is 0 Å². The van der Waals surface area contributed by atoms with Crippen LogP contribution in [0, 0.1) is 11.6 Å². The van der Waals surface area contributed by atoms with Crippen molar-refractivity contribution < 1.29 is 8.78 Å². The maximum Gasteiger partial charge on any atom is 0.192 e. The van der Waals surface area contributed by atoms with Crippen LogP contribution >= 0.6 is 11.8 Å². The van der Waals surface area contributed by atoms with Crippen molar-refractivity contribution in [2.45, 2.75) is 16.6 Å². The Balaban J connectivity index is 2.19. The molecule has 0 saturated heterocycles. The molecule has 0 aliphatic carbocycles. The van der Waals surface area contributed by atoms with E-state index in [-0.39, 0.29) is 4.90 Å². The van der Waals surface area contributed by atoms with Crippen molar-refractivity contribution in [3.63, 3.8) is 0 Å². The summed E-state index contributed by atoms with van der Waals surface area (Å²) < 4.78 is 26.0. The van der Waals surface area contributed by atoms with Crippen molar-refractivity contribution in [2.75, 3.05) is 0 Å². The topological polar surface area (TPSA) is 51.8 Å². The quantitative estimate of drug-likeness (QED) is 0.853. The van der Waals surface area contributed by atoms with Gasteiger partial charge >= 0.3 is 0 Å². The highest BCUT2D eigenvalue weighted by Crippen LogP contribution is 2.27. The fraction of sp³-hybridized carbons (Fsp3) is 0.0909. The summed E-state index contributed by atoms with van der Waals surface area (Å²) >= 11 is 1.04. The molecule has 0 aliphatic rings. The van der Waals surface area contributed by atoms with E-state index in [2.05, 4.69) is 9.97 Å². The highest BCUT2D eigenvalue weighted by atomic mass is 32.2. The Morgan fingerprint density at radius 2 is 1.88 bits per heavy atom. The molecule has 1 aromatic heterocycles. The van der Waals surface area contributed by atoms with Crippen LogP contribution in [-0.4, -0.2) is 9.97 Å². The lowest BCUT2D eigenvalue weighted by atomic mass is 10.3. The molecule has 1 heterocycles. The molecule has 0 bridgehead atoms. The van der Waals surface area contributed by atoms with E-state index in [4.69, 9.17) is 5.73 Å².